The molecule has 0 unspecified atom stereocenters. The molecule has 1 saturated carbocycles. The number of rotatable bonds is 5. The van der Waals surface area contributed by atoms with Gasteiger partial charge in [-0.3, -0.25) is 4.79 Å². The van der Waals surface area contributed by atoms with Crippen molar-refractivity contribution in [2.24, 2.45) is 5.92 Å². The van der Waals surface area contributed by atoms with Crippen molar-refractivity contribution in [3.8, 4) is 0 Å². The van der Waals surface area contributed by atoms with Gasteiger partial charge in [0.1, 0.15) is 0 Å². The van der Waals surface area contributed by atoms with E-state index in [1.54, 1.807) is 0 Å². The zero-order valence-electron chi connectivity index (χ0n) is 14.3. The Hall–Kier alpha value is -1.39. The number of piperidine rings is 1. The minimum absolute atomic E-state index is 0.218. The van der Waals surface area contributed by atoms with Gasteiger partial charge in [0.25, 0.3) is 0 Å². The first-order valence-corrected chi connectivity index (χ1v) is 9.36. The number of hydrogen-bond acceptors (Lipinski definition) is 4. The predicted octanol–water partition coefficient (Wildman–Crippen LogP) is 3.70. The van der Waals surface area contributed by atoms with E-state index in [1.165, 1.54) is 32.1 Å². The van der Waals surface area contributed by atoms with Gasteiger partial charge < -0.3 is 9.42 Å². The first kappa shape index (κ1) is 16.5. The molecule has 1 aromatic heterocycles. The number of carbonyl (C=O) groups excluding carboxylic acids is 1. The summed E-state index contributed by atoms with van der Waals surface area (Å²) in [6.07, 6.45) is 11.4. The molecule has 1 aromatic rings. The van der Waals surface area contributed by atoms with Gasteiger partial charge in [0.2, 0.25) is 11.8 Å². The molecule has 1 amide bonds. The number of hydrogen-bond donors (Lipinski definition) is 0. The largest absolute Gasteiger partial charge is 0.342 e. The summed E-state index contributed by atoms with van der Waals surface area (Å²) in [5.74, 6) is 2.79. The van der Waals surface area contributed by atoms with E-state index in [0.717, 1.165) is 50.5 Å². The van der Waals surface area contributed by atoms with E-state index in [9.17, 15) is 4.79 Å². The molecule has 1 atom stereocenters. The third kappa shape index (κ3) is 4.33. The Kier molecular flexibility index (Phi) is 5.68. The number of amides is 1. The van der Waals surface area contributed by atoms with E-state index in [-0.39, 0.29) is 5.92 Å². The SMILES string of the molecule is CCc1noc([C@@H]2CCCN(C(=O)CCC3CCCCC3)C2)n1. The minimum Gasteiger partial charge on any atom is -0.342 e. The number of aromatic nitrogens is 2. The maximum Gasteiger partial charge on any atom is 0.231 e. The van der Waals surface area contributed by atoms with E-state index in [1.807, 2.05) is 11.8 Å². The van der Waals surface area contributed by atoms with E-state index in [2.05, 4.69) is 10.1 Å². The van der Waals surface area contributed by atoms with Crippen molar-refractivity contribution in [3.63, 3.8) is 0 Å². The van der Waals surface area contributed by atoms with Gasteiger partial charge in [-0.2, -0.15) is 4.98 Å². The fraction of sp³-hybridized carbons (Fsp3) is 0.833. The molecule has 0 radical (unpaired) electrons. The molecule has 2 fully saturated rings. The van der Waals surface area contributed by atoms with Crippen LogP contribution in [0.15, 0.2) is 4.52 Å². The topological polar surface area (TPSA) is 59.2 Å². The summed E-state index contributed by atoms with van der Waals surface area (Å²) >= 11 is 0. The van der Waals surface area contributed by atoms with Crippen LogP contribution < -0.4 is 0 Å². The van der Waals surface area contributed by atoms with E-state index < -0.39 is 0 Å². The maximum absolute atomic E-state index is 12.5. The summed E-state index contributed by atoms with van der Waals surface area (Å²) in [6.45, 7) is 3.65. The van der Waals surface area contributed by atoms with Crippen LogP contribution in [0.5, 0.6) is 0 Å². The number of nitrogens with zero attached hydrogens (tertiary/aromatic N) is 3. The van der Waals surface area contributed by atoms with Crippen molar-refractivity contribution in [2.75, 3.05) is 13.1 Å². The molecule has 0 N–H and O–H groups in total. The molecule has 2 aliphatic rings. The second kappa shape index (κ2) is 7.93. The second-order valence-corrected chi connectivity index (χ2v) is 7.12. The van der Waals surface area contributed by atoms with Crippen LogP contribution in [0.1, 0.15) is 82.3 Å². The minimum atomic E-state index is 0.218. The van der Waals surface area contributed by atoms with Crippen molar-refractivity contribution >= 4 is 5.91 Å². The smallest absolute Gasteiger partial charge is 0.231 e. The molecule has 3 rings (SSSR count). The lowest BCUT2D eigenvalue weighted by Gasteiger charge is -2.31. The predicted molar refractivity (Wildman–Crippen MR) is 88.0 cm³/mol. The average Bonchev–Trinajstić information content (AvgIpc) is 3.10. The van der Waals surface area contributed by atoms with Crippen LogP contribution >= 0.6 is 0 Å². The van der Waals surface area contributed by atoms with Crippen molar-refractivity contribution in [1.29, 1.82) is 0 Å². The van der Waals surface area contributed by atoms with E-state index in [0.29, 0.717) is 18.2 Å². The Morgan fingerprint density at radius 2 is 2.04 bits per heavy atom. The number of carbonyl (C=O) groups is 1. The Morgan fingerprint density at radius 3 is 2.78 bits per heavy atom. The Morgan fingerprint density at radius 1 is 1.22 bits per heavy atom. The zero-order chi connectivity index (χ0) is 16.1. The van der Waals surface area contributed by atoms with Crippen molar-refractivity contribution in [3.05, 3.63) is 11.7 Å². The zero-order valence-corrected chi connectivity index (χ0v) is 14.3. The molecule has 1 aliphatic heterocycles. The fourth-order valence-corrected chi connectivity index (χ4v) is 3.94. The lowest BCUT2D eigenvalue weighted by molar-refractivity contribution is -0.132. The van der Waals surface area contributed by atoms with Crippen molar-refractivity contribution in [1.82, 2.24) is 15.0 Å². The van der Waals surface area contributed by atoms with Gasteiger partial charge in [-0.15, -0.1) is 0 Å². The number of aryl methyl sites for hydroxylation is 1. The van der Waals surface area contributed by atoms with Gasteiger partial charge in [0.05, 0.1) is 5.92 Å². The van der Waals surface area contributed by atoms with Crippen LogP contribution in [0, 0.1) is 5.92 Å². The van der Waals surface area contributed by atoms with Gasteiger partial charge in [0, 0.05) is 25.9 Å². The first-order valence-electron chi connectivity index (χ1n) is 9.36. The molecule has 5 nitrogen and oxygen atoms in total. The average molecular weight is 319 g/mol. The van der Waals surface area contributed by atoms with E-state index in [4.69, 9.17) is 4.52 Å². The summed E-state index contributed by atoms with van der Waals surface area (Å²) < 4.78 is 5.38. The normalized spacial score (nSPS) is 23.2. The van der Waals surface area contributed by atoms with Gasteiger partial charge in [0.15, 0.2) is 5.82 Å². The molecule has 23 heavy (non-hydrogen) atoms. The first-order chi connectivity index (χ1) is 11.3. The Balaban J connectivity index is 1.49. The third-order valence-electron chi connectivity index (χ3n) is 5.41. The van der Waals surface area contributed by atoms with Gasteiger partial charge >= 0.3 is 0 Å². The molecule has 0 spiro atoms. The highest BCUT2D eigenvalue weighted by Gasteiger charge is 2.28. The molecule has 1 saturated heterocycles. The summed E-state index contributed by atoms with van der Waals surface area (Å²) in [7, 11) is 0. The summed E-state index contributed by atoms with van der Waals surface area (Å²) in [5, 5.41) is 3.99. The molecule has 2 heterocycles. The van der Waals surface area contributed by atoms with Gasteiger partial charge in [-0.1, -0.05) is 44.2 Å². The summed E-state index contributed by atoms with van der Waals surface area (Å²) in [5.41, 5.74) is 0. The molecule has 1 aliphatic carbocycles. The Labute approximate surface area is 138 Å². The maximum atomic E-state index is 12.5. The molecular weight excluding hydrogens is 290 g/mol. The van der Waals surface area contributed by atoms with Gasteiger partial charge in [-0.05, 0) is 25.2 Å². The summed E-state index contributed by atoms with van der Waals surface area (Å²) in [4.78, 5) is 19.0. The highest BCUT2D eigenvalue weighted by atomic mass is 16.5. The monoisotopic (exact) mass is 319 g/mol. The highest BCUT2D eigenvalue weighted by molar-refractivity contribution is 5.76. The molecule has 0 bridgehead atoms. The number of likely N-dealkylation sites (tertiary alicyclic amines) is 1. The van der Waals surface area contributed by atoms with Crippen LogP contribution in [-0.2, 0) is 11.2 Å². The quantitative estimate of drug-likeness (QED) is 0.830. The fourth-order valence-electron chi connectivity index (χ4n) is 3.94. The second-order valence-electron chi connectivity index (χ2n) is 7.12. The van der Waals surface area contributed by atoms with Crippen molar-refractivity contribution in [2.45, 2.75) is 77.0 Å². The van der Waals surface area contributed by atoms with Crippen LogP contribution in [-0.4, -0.2) is 34.0 Å². The van der Waals surface area contributed by atoms with E-state index >= 15 is 0 Å². The summed E-state index contributed by atoms with van der Waals surface area (Å²) in [6, 6.07) is 0. The molecule has 5 heteroatoms. The Bertz CT molecular complexity index is 508. The lowest BCUT2D eigenvalue weighted by Crippen LogP contribution is -2.39. The molecular formula is C18H29N3O2. The van der Waals surface area contributed by atoms with Crippen LogP contribution in [0.2, 0.25) is 0 Å². The van der Waals surface area contributed by atoms with Crippen molar-refractivity contribution < 1.29 is 9.32 Å². The molecule has 128 valence electrons. The third-order valence-corrected chi connectivity index (χ3v) is 5.41. The lowest BCUT2D eigenvalue weighted by atomic mass is 9.86. The standard InChI is InChI=1S/C18H29N3O2/c1-2-16-19-18(23-20-16)15-9-6-12-21(13-15)17(22)11-10-14-7-4-3-5-8-14/h14-15H,2-13H2,1H3/t15-/m1/s1. The van der Waals surface area contributed by atoms with Crippen LogP contribution in [0.4, 0.5) is 0 Å². The van der Waals surface area contributed by atoms with Crippen LogP contribution in [0.25, 0.3) is 0 Å². The molecule has 0 aromatic carbocycles. The van der Waals surface area contributed by atoms with Gasteiger partial charge in [-0.25, -0.2) is 0 Å². The van der Waals surface area contributed by atoms with Crippen LogP contribution in [0.3, 0.4) is 0 Å². The highest BCUT2D eigenvalue weighted by Crippen LogP contribution is 2.29.